The molecule has 19 heavy (non-hydrogen) atoms. The molecule has 1 fully saturated rings. The van der Waals surface area contributed by atoms with Gasteiger partial charge in [0.1, 0.15) is 0 Å². The molecule has 1 aromatic rings. The zero-order valence-electron chi connectivity index (χ0n) is 12.0. The van der Waals surface area contributed by atoms with Crippen molar-refractivity contribution >= 4 is 0 Å². The van der Waals surface area contributed by atoms with Crippen molar-refractivity contribution in [2.75, 3.05) is 6.61 Å². The molecule has 1 saturated carbocycles. The molecule has 0 aliphatic heterocycles. The Balaban J connectivity index is 2.09. The Kier molecular flexibility index (Phi) is 4.94. The molecule has 1 aliphatic carbocycles. The summed E-state index contributed by atoms with van der Waals surface area (Å²) in [5, 5.41) is 10.7. The number of rotatable bonds is 5. The second-order valence-electron chi connectivity index (χ2n) is 5.78. The summed E-state index contributed by atoms with van der Waals surface area (Å²) in [6.07, 6.45) is 8.08. The molecule has 1 aromatic heterocycles. The summed E-state index contributed by atoms with van der Waals surface area (Å²) in [6, 6.07) is 3.93. The molecule has 3 atom stereocenters. The fraction of sp³-hybridized carbons (Fsp3) is 0.688. The van der Waals surface area contributed by atoms with Crippen molar-refractivity contribution in [1.82, 2.24) is 4.98 Å². The molecule has 106 valence electrons. The lowest BCUT2D eigenvalue weighted by atomic mass is 9.74. The smallest absolute Gasteiger partial charge is 0.0945 e. The molecule has 1 N–H and O–H groups in total. The summed E-state index contributed by atoms with van der Waals surface area (Å²) in [6.45, 7) is 4.93. The Morgan fingerprint density at radius 2 is 2.42 bits per heavy atom. The fourth-order valence-corrected chi connectivity index (χ4v) is 3.29. The minimum Gasteiger partial charge on any atom is -0.390 e. The van der Waals surface area contributed by atoms with E-state index in [0.29, 0.717) is 18.9 Å². The van der Waals surface area contributed by atoms with Crippen LogP contribution >= 0.6 is 0 Å². The molecule has 1 aliphatic rings. The molecule has 0 radical (unpaired) electrons. The van der Waals surface area contributed by atoms with E-state index in [4.69, 9.17) is 4.74 Å². The molecule has 3 heteroatoms. The standard InChI is InChI=1S/C16H25NO2/c1-3-19-16(8-4-6-13(2)11-16)15(18)10-14-7-5-9-17-12-14/h5,7,9,12-13,15,18H,3-4,6,8,10-11H2,1-2H3. The van der Waals surface area contributed by atoms with Crippen LogP contribution in [0.25, 0.3) is 0 Å². The van der Waals surface area contributed by atoms with Crippen LogP contribution in [0.1, 0.15) is 45.1 Å². The van der Waals surface area contributed by atoms with Crippen LogP contribution in [0.3, 0.4) is 0 Å². The first-order valence-corrected chi connectivity index (χ1v) is 7.37. The van der Waals surface area contributed by atoms with Crippen molar-refractivity contribution in [3.05, 3.63) is 30.1 Å². The van der Waals surface area contributed by atoms with E-state index in [1.807, 2.05) is 25.3 Å². The zero-order chi connectivity index (χ0) is 13.7. The van der Waals surface area contributed by atoms with Gasteiger partial charge in [-0.05, 0) is 37.3 Å². The SMILES string of the molecule is CCOC1(C(O)Cc2cccnc2)CCCC(C)C1. The maximum Gasteiger partial charge on any atom is 0.0945 e. The highest BCUT2D eigenvalue weighted by atomic mass is 16.5. The van der Waals surface area contributed by atoms with Gasteiger partial charge in [0.05, 0.1) is 11.7 Å². The maximum absolute atomic E-state index is 10.7. The second-order valence-corrected chi connectivity index (χ2v) is 5.78. The van der Waals surface area contributed by atoms with Gasteiger partial charge < -0.3 is 9.84 Å². The van der Waals surface area contributed by atoms with Crippen LogP contribution < -0.4 is 0 Å². The van der Waals surface area contributed by atoms with E-state index in [1.54, 1.807) is 6.20 Å². The predicted octanol–water partition coefficient (Wildman–Crippen LogP) is 2.97. The Bertz CT molecular complexity index is 378. The summed E-state index contributed by atoms with van der Waals surface area (Å²) < 4.78 is 6.00. The topological polar surface area (TPSA) is 42.4 Å². The van der Waals surface area contributed by atoms with Crippen LogP contribution in [-0.2, 0) is 11.2 Å². The number of pyridine rings is 1. The number of hydrogen-bond donors (Lipinski definition) is 1. The summed E-state index contributed by atoms with van der Waals surface area (Å²) in [4.78, 5) is 4.11. The van der Waals surface area contributed by atoms with Crippen LogP contribution in [0.5, 0.6) is 0 Å². The van der Waals surface area contributed by atoms with Gasteiger partial charge in [0.25, 0.3) is 0 Å². The molecule has 0 saturated heterocycles. The van der Waals surface area contributed by atoms with E-state index in [9.17, 15) is 5.11 Å². The number of aliphatic hydroxyl groups is 1. The molecule has 3 unspecified atom stereocenters. The van der Waals surface area contributed by atoms with Crippen LogP contribution in [0.2, 0.25) is 0 Å². The van der Waals surface area contributed by atoms with E-state index in [-0.39, 0.29) is 5.60 Å². The zero-order valence-corrected chi connectivity index (χ0v) is 12.0. The van der Waals surface area contributed by atoms with Crippen molar-refractivity contribution in [2.24, 2.45) is 5.92 Å². The molecular formula is C16H25NO2. The van der Waals surface area contributed by atoms with Crippen LogP contribution in [0, 0.1) is 5.92 Å². The summed E-state index contributed by atoms with van der Waals surface area (Å²) in [7, 11) is 0. The van der Waals surface area contributed by atoms with Crippen LogP contribution in [0.4, 0.5) is 0 Å². The molecule has 2 rings (SSSR count). The van der Waals surface area contributed by atoms with Gasteiger partial charge in [0.15, 0.2) is 0 Å². The van der Waals surface area contributed by atoms with Gasteiger partial charge >= 0.3 is 0 Å². The lowest BCUT2D eigenvalue weighted by molar-refractivity contribution is -0.147. The molecular weight excluding hydrogens is 238 g/mol. The molecule has 0 aromatic carbocycles. The minimum atomic E-state index is -0.445. The van der Waals surface area contributed by atoms with Crippen molar-refractivity contribution in [1.29, 1.82) is 0 Å². The van der Waals surface area contributed by atoms with Gasteiger partial charge in [-0.15, -0.1) is 0 Å². The molecule has 0 amide bonds. The highest BCUT2D eigenvalue weighted by Gasteiger charge is 2.41. The first-order valence-electron chi connectivity index (χ1n) is 7.37. The number of aromatic nitrogens is 1. The Hall–Kier alpha value is -0.930. The maximum atomic E-state index is 10.7. The van der Waals surface area contributed by atoms with Crippen molar-refractivity contribution in [3.63, 3.8) is 0 Å². The van der Waals surface area contributed by atoms with E-state index < -0.39 is 6.10 Å². The molecule has 3 nitrogen and oxygen atoms in total. The third kappa shape index (κ3) is 3.54. The lowest BCUT2D eigenvalue weighted by Gasteiger charge is -2.43. The van der Waals surface area contributed by atoms with E-state index >= 15 is 0 Å². The number of hydrogen-bond acceptors (Lipinski definition) is 3. The Morgan fingerprint density at radius 1 is 1.58 bits per heavy atom. The van der Waals surface area contributed by atoms with E-state index in [1.165, 1.54) is 6.42 Å². The Labute approximate surface area is 116 Å². The van der Waals surface area contributed by atoms with E-state index in [2.05, 4.69) is 11.9 Å². The summed E-state index contributed by atoms with van der Waals surface area (Å²) >= 11 is 0. The average molecular weight is 263 g/mol. The summed E-state index contributed by atoms with van der Waals surface area (Å²) in [5.41, 5.74) is 0.717. The minimum absolute atomic E-state index is 0.359. The van der Waals surface area contributed by atoms with Gasteiger partial charge in [0.2, 0.25) is 0 Å². The first kappa shape index (κ1) is 14.5. The largest absolute Gasteiger partial charge is 0.390 e. The van der Waals surface area contributed by atoms with Crippen molar-refractivity contribution < 1.29 is 9.84 Å². The van der Waals surface area contributed by atoms with Gasteiger partial charge in [-0.3, -0.25) is 4.98 Å². The number of nitrogens with zero attached hydrogens (tertiary/aromatic N) is 1. The predicted molar refractivity (Wildman–Crippen MR) is 75.9 cm³/mol. The first-order chi connectivity index (χ1) is 9.16. The van der Waals surface area contributed by atoms with Gasteiger partial charge in [0, 0.05) is 25.4 Å². The van der Waals surface area contributed by atoms with E-state index in [0.717, 1.165) is 24.8 Å². The average Bonchev–Trinajstić information content (AvgIpc) is 2.40. The highest BCUT2D eigenvalue weighted by Crippen LogP contribution is 2.38. The molecule has 1 heterocycles. The number of aliphatic hydroxyl groups excluding tert-OH is 1. The number of ether oxygens (including phenoxy) is 1. The summed E-state index contributed by atoms with van der Waals surface area (Å²) in [5.74, 6) is 0.629. The van der Waals surface area contributed by atoms with Gasteiger partial charge in [-0.1, -0.05) is 25.8 Å². The fourth-order valence-electron chi connectivity index (χ4n) is 3.29. The van der Waals surface area contributed by atoms with Crippen LogP contribution in [0.15, 0.2) is 24.5 Å². The lowest BCUT2D eigenvalue weighted by Crippen LogP contribution is -2.49. The van der Waals surface area contributed by atoms with Gasteiger partial charge in [-0.25, -0.2) is 0 Å². The van der Waals surface area contributed by atoms with Crippen LogP contribution in [-0.4, -0.2) is 28.4 Å². The second kappa shape index (κ2) is 6.49. The molecule has 0 spiro atoms. The third-order valence-corrected chi connectivity index (χ3v) is 4.18. The quantitative estimate of drug-likeness (QED) is 0.888. The monoisotopic (exact) mass is 263 g/mol. The third-order valence-electron chi connectivity index (χ3n) is 4.18. The molecule has 0 bridgehead atoms. The Morgan fingerprint density at radius 3 is 3.05 bits per heavy atom. The van der Waals surface area contributed by atoms with Gasteiger partial charge in [-0.2, -0.15) is 0 Å². The highest BCUT2D eigenvalue weighted by molar-refractivity contribution is 5.11. The van der Waals surface area contributed by atoms with Crippen molar-refractivity contribution in [3.8, 4) is 0 Å². The normalized spacial score (nSPS) is 29.1. The van der Waals surface area contributed by atoms with Crippen molar-refractivity contribution in [2.45, 2.75) is 57.7 Å².